The molecule has 0 aromatic carbocycles. The molecule has 0 bridgehead atoms. The number of anilines is 1. The SMILES string of the molecule is CCC(CC)c1nnc(NC(=O)c2sc(-c3ccsc3)nc2C)s1. The molecular weight excluding hydrogens is 360 g/mol. The number of nitrogens with zero attached hydrogens (tertiary/aromatic N) is 3. The minimum atomic E-state index is -0.168. The Hall–Kier alpha value is -1.64. The van der Waals surface area contributed by atoms with E-state index in [1.807, 2.05) is 23.8 Å². The van der Waals surface area contributed by atoms with Gasteiger partial charge in [0.25, 0.3) is 5.91 Å². The summed E-state index contributed by atoms with van der Waals surface area (Å²) in [5, 5.41) is 17.6. The number of hydrogen-bond acceptors (Lipinski definition) is 7. The average Bonchev–Trinajstić information content (AvgIpc) is 3.29. The summed E-state index contributed by atoms with van der Waals surface area (Å²) in [5.74, 6) is 0.238. The minimum Gasteiger partial charge on any atom is -0.296 e. The third-order valence-corrected chi connectivity index (χ3v) is 6.66. The minimum absolute atomic E-state index is 0.168. The van der Waals surface area contributed by atoms with Crippen molar-refractivity contribution in [3.05, 3.63) is 32.4 Å². The van der Waals surface area contributed by atoms with Crippen LogP contribution in [0.4, 0.5) is 5.13 Å². The Balaban J connectivity index is 1.76. The fraction of sp³-hybridized carbons (Fsp3) is 0.375. The molecule has 0 radical (unpaired) electrons. The maximum absolute atomic E-state index is 12.5. The van der Waals surface area contributed by atoms with Crippen molar-refractivity contribution in [1.29, 1.82) is 0 Å². The Labute approximate surface area is 152 Å². The van der Waals surface area contributed by atoms with Crippen molar-refractivity contribution < 1.29 is 4.79 Å². The van der Waals surface area contributed by atoms with Crippen molar-refractivity contribution in [2.24, 2.45) is 0 Å². The molecule has 1 amide bonds. The molecule has 24 heavy (non-hydrogen) atoms. The second-order valence-electron chi connectivity index (χ2n) is 5.36. The van der Waals surface area contributed by atoms with Crippen molar-refractivity contribution in [3.63, 3.8) is 0 Å². The van der Waals surface area contributed by atoms with Gasteiger partial charge in [0.1, 0.15) is 14.9 Å². The van der Waals surface area contributed by atoms with Crippen LogP contribution in [0.5, 0.6) is 0 Å². The number of carbonyl (C=O) groups is 1. The fourth-order valence-electron chi connectivity index (χ4n) is 2.36. The van der Waals surface area contributed by atoms with E-state index in [0.29, 0.717) is 15.9 Å². The van der Waals surface area contributed by atoms with Crippen LogP contribution in [0.3, 0.4) is 0 Å². The predicted octanol–water partition coefficient (Wildman–Crippen LogP) is 5.19. The van der Waals surface area contributed by atoms with Gasteiger partial charge in [-0.15, -0.1) is 21.5 Å². The first kappa shape index (κ1) is 17.2. The number of rotatable bonds is 6. The smallest absolute Gasteiger partial charge is 0.269 e. The first-order valence-electron chi connectivity index (χ1n) is 7.77. The third kappa shape index (κ3) is 3.55. The van der Waals surface area contributed by atoms with Gasteiger partial charge in [0.05, 0.1) is 5.69 Å². The molecule has 3 heterocycles. The number of aromatic nitrogens is 3. The number of thiazole rings is 1. The second-order valence-corrected chi connectivity index (χ2v) is 8.15. The number of carbonyl (C=O) groups excluding carboxylic acids is 1. The van der Waals surface area contributed by atoms with Gasteiger partial charge >= 0.3 is 0 Å². The molecule has 0 atom stereocenters. The fourth-order valence-corrected chi connectivity index (χ4v) is 5.04. The number of aryl methyl sites for hydroxylation is 1. The Morgan fingerprint density at radius 1 is 1.25 bits per heavy atom. The van der Waals surface area contributed by atoms with Gasteiger partial charge in [-0.05, 0) is 31.2 Å². The normalized spacial score (nSPS) is 11.2. The molecule has 3 aromatic rings. The highest BCUT2D eigenvalue weighted by atomic mass is 32.1. The Morgan fingerprint density at radius 3 is 2.71 bits per heavy atom. The van der Waals surface area contributed by atoms with Gasteiger partial charge in [0.15, 0.2) is 0 Å². The molecule has 0 saturated carbocycles. The van der Waals surface area contributed by atoms with E-state index in [0.717, 1.165) is 34.1 Å². The van der Waals surface area contributed by atoms with Crippen LogP contribution in [-0.4, -0.2) is 21.1 Å². The van der Waals surface area contributed by atoms with Gasteiger partial charge in [-0.2, -0.15) is 11.3 Å². The lowest BCUT2D eigenvalue weighted by Crippen LogP contribution is -2.11. The van der Waals surface area contributed by atoms with Crippen molar-refractivity contribution in [2.45, 2.75) is 39.5 Å². The van der Waals surface area contributed by atoms with E-state index in [2.05, 4.69) is 34.3 Å². The molecule has 0 aliphatic rings. The van der Waals surface area contributed by atoms with E-state index < -0.39 is 0 Å². The Bertz CT molecular complexity index is 818. The lowest BCUT2D eigenvalue weighted by Gasteiger charge is -2.05. The monoisotopic (exact) mass is 378 g/mol. The van der Waals surface area contributed by atoms with E-state index in [1.165, 1.54) is 22.7 Å². The van der Waals surface area contributed by atoms with Crippen LogP contribution in [0.1, 0.15) is 53.0 Å². The first-order chi connectivity index (χ1) is 11.6. The first-order valence-corrected chi connectivity index (χ1v) is 10.3. The molecule has 0 spiro atoms. The summed E-state index contributed by atoms with van der Waals surface area (Å²) in [6, 6.07) is 2.01. The lowest BCUT2D eigenvalue weighted by atomic mass is 10.1. The summed E-state index contributed by atoms with van der Waals surface area (Å²) in [7, 11) is 0. The molecule has 8 heteroatoms. The van der Waals surface area contributed by atoms with Crippen LogP contribution < -0.4 is 5.32 Å². The van der Waals surface area contributed by atoms with Gasteiger partial charge < -0.3 is 0 Å². The molecule has 0 fully saturated rings. The lowest BCUT2D eigenvalue weighted by molar-refractivity contribution is 0.102. The molecule has 0 saturated heterocycles. The topological polar surface area (TPSA) is 67.8 Å². The van der Waals surface area contributed by atoms with E-state index in [9.17, 15) is 4.79 Å². The van der Waals surface area contributed by atoms with E-state index >= 15 is 0 Å². The zero-order valence-electron chi connectivity index (χ0n) is 13.7. The van der Waals surface area contributed by atoms with Crippen molar-refractivity contribution in [3.8, 4) is 10.6 Å². The highest BCUT2D eigenvalue weighted by Crippen LogP contribution is 2.31. The number of amides is 1. The van der Waals surface area contributed by atoms with Crippen LogP contribution in [0, 0.1) is 6.92 Å². The maximum Gasteiger partial charge on any atom is 0.269 e. The van der Waals surface area contributed by atoms with E-state index in [4.69, 9.17) is 0 Å². The van der Waals surface area contributed by atoms with E-state index in [1.54, 1.807) is 11.3 Å². The van der Waals surface area contributed by atoms with Crippen LogP contribution in [0.2, 0.25) is 0 Å². The Kier molecular flexibility index (Phi) is 5.37. The molecule has 126 valence electrons. The van der Waals surface area contributed by atoms with Gasteiger partial charge in [-0.3, -0.25) is 10.1 Å². The molecule has 0 aliphatic carbocycles. The zero-order valence-corrected chi connectivity index (χ0v) is 16.1. The highest BCUT2D eigenvalue weighted by Gasteiger charge is 2.19. The molecule has 3 aromatic heterocycles. The number of hydrogen-bond donors (Lipinski definition) is 1. The summed E-state index contributed by atoms with van der Waals surface area (Å²) >= 11 is 4.48. The zero-order chi connectivity index (χ0) is 17.1. The van der Waals surface area contributed by atoms with E-state index in [-0.39, 0.29) is 5.91 Å². The maximum atomic E-state index is 12.5. The van der Waals surface area contributed by atoms with Crippen molar-refractivity contribution in [2.75, 3.05) is 5.32 Å². The average molecular weight is 379 g/mol. The van der Waals surface area contributed by atoms with Crippen LogP contribution >= 0.6 is 34.0 Å². The number of nitrogens with one attached hydrogen (secondary N) is 1. The molecular formula is C16H18N4OS3. The summed E-state index contributed by atoms with van der Waals surface area (Å²) in [4.78, 5) is 17.7. The van der Waals surface area contributed by atoms with Gasteiger partial charge in [0.2, 0.25) is 5.13 Å². The summed E-state index contributed by atoms with van der Waals surface area (Å²) in [6.07, 6.45) is 2.05. The third-order valence-electron chi connectivity index (χ3n) is 3.77. The summed E-state index contributed by atoms with van der Waals surface area (Å²) in [6.45, 7) is 6.14. The van der Waals surface area contributed by atoms with Crippen molar-refractivity contribution >= 4 is 45.0 Å². The summed E-state index contributed by atoms with van der Waals surface area (Å²) < 4.78 is 0. The van der Waals surface area contributed by atoms with Gasteiger partial charge in [-0.25, -0.2) is 4.98 Å². The summed E-state index contributed by atoms with van der Waals surface area (Å²) in [5.41, 5.74) is 1.79. The van der Waals surface area contributed by atoms with Crippen molar-refractivity contribution in [1.82, 2.24) is 15.2 Å². The standard InChI is InChI=1S/C16H18N4OS3/c1-4-10(5-2)15-19-20-16(24-15)18-13(21)12-9(3)17-14(23-12)11-6-7-22-8-11/h6-8,10H,4-5H2,1-3H3,(H,18,20,21). The molecule has 3 rings (SSSR count). The molecule has 1 N–H and O–H groups in total. The van der Waals surface area contributed by atoms with Gasteiger partial charge in [0, 0.05) is 16.9 Å². The molecule has 0 unspecified atom stereocenters. The molecule has 0 aliphatic heterocycles. The van der Waals surface area contributed by atoms with Crippen LogP contribution in [0.25, 0.3) is 10.6 Å². The highest BCUT2D eigenvalue weighted by molar-refractivity contribution is 7.18. The number of thiophene rings is 1. The van der Waals surface area contributed by atoms with Crippen LogP contribution in [-0.2, 0) is 0 Å². The van der Waals surface area contributed by atoms with Crippen LogP contribution in [0.15, 0.2) is 16.8 Å². The second kappa shape index (κ2) is 7.50. The van der Waals surface area contributed by atoms with Gasteiger partial charge in [-0.1, -0.05) is 25.2 Å². The quantitative estimate of drug-likeness (QED) is 0.641. The largest absolute Gasteiger partial charge is 0.296 e. The predicted molar refractivity (Wildman–Crippen MR) is 101 cm³/mol. The molecule has 5 nitrogen and oxygen atoms in total. The Morgan fingerprint density at radius 2 is 2.04 bits per heavy atom.